The molecule has 0 spiro atoms. The van der Waals surface area contributed by atoms with Crippen molar-refractivity contribution < 1.29 is 44.5 Å². The third kappa shape index (κ3) is 4.48. The monoisotopic (exact) mass is 498 g/mol. The van der Waals surface area contributed by atoms with Crippen molar-refractivity contribution in [2.75, 3.05) is 34.5 Å². The summed E-state index contributed by atoms with van der Waals surface area (Å²) in [5, 5.41) is 51.6. The highest BCUT2D eigenvalue weighted by Gasteiger charge is 2.39. The smallest absolute Gasteiger partial charge is 0.165 e. The lowest BCUT2D eigenvalue weighted by molar-refractivity contribution is 0.106. The van der Waals surface area contributed by atoms with E-state index in [-0.39, 0.29) is 36.2 Å². The van der Waals surface area contributed by atoms with Gasteiger partial charge in [-0.25, -0.2) is 0 Å². The normalized spacial score (nSPS) is 18.2. The third-order valence-corrected chi connectivity index (χ3v) is 6.62. The van der Waals surface area contributed by atoms with Crippen LogP contribution in [0.5, 0.6) is 34.5 Å². The van der Waals surface area contributed by atoms with Gasteiger partial charge in [0, 0.05) is 11.5 Å². The molecule has 0 saturated heterocycles. The zero-order valence-corrected chi connectivity index (χ0v) is 20.2. The zero-order chi connectivity index (χ0) is 26.0. The first-order valence-electron chi connectivity index (χ1n) is 11.4. The summed E-state index contributed by atoms with van der Waals surface area (Å²) in [6.45, 7) is -0.619. The number of benzene rings is 3. The third-order valence-electron chi connectivity index (χ3n) is 6.62. The number of aliphatic hydroxyl groups is 3. The van der Waals surface area contributed by atoms with Gasteiger partial charge in [-0.1, -0.05) is 12.1 Å². The van der Waals surface area contributed by atoms with E-state index in [2.05, 4.69) is 0 Å². The first-order chi connectivity index (χ1) is 17.4. The summed E-state index contributed by atoms with van der Waals surface area (Å²) in [5.41, 5.74) is 2.36. The first-order valence-corrected chi connectivity index (χ1v) is 11.4. The summed E-state index contributed by atoms with van der Waals surface area (Å²) in [6, 6.07) is 12.8. The topological polar surface area (TPSA) is 138 Å². The van der Waals surface area contributed by atoms with Crippen LogP contribution >= 0.6 is 0 Å². The molecule has 1 aliphatic heterocycles. The molecular weight excluding hydrogens is 468 g/mol. The summed E-state index contributed by atoms with van der Waals surface area (Å²) in [5.74, 6) is 0.0378. The zero-order valence-electron chi connectivity index (χ0n) is 20.2. The van der Waals surface area contributed by atoms with Crippen LogP contribution in [0.2, 0.25) is 0 Å². The molecule has 1 heterocycles. The van der Waals surface area contributed by atoms with E-state index in [4.69, 9.17) is 18.9 Å². The van der Waals surface area contributed by atoms with Crippen LogP contribution in [0.25, 0.3) is 0 Å². The van der Waals surface area contributed by atoms with Crippen LogP contribution in [0, 0.1) is 0 Å². The molecule has 9 heteroatoms. The lowest BCUT2D eigenvalue weighted by Crippen LogP contribution is -2.16. The van der Waals surface area contributed by atoms with E-state index < -0.39 is 24.0 Å². The maximum absolute atomic E-state index is 11.3. The Morgan fingerprint density at radius 2 is 1.42 bits per heavy atom. The van der Waals surface area contributed by atoms with Crippen LogP contribution in [-0.4, -0.2) is 60.1 Å². The number of aromatic hydroxyl groups is 2. The van der Waals surface area contributed by atoms with Gasteiger partial charge < -0.3 is 44.5 Å². The lowest BCUT2D eigenvalue weighted by atomic mass is 9.86. The maximum atomic E-state index is 11.3. The first kappa shape index (κ1) is 25.4. The molecule has 192 valence electrons. The van der Waals surface area contributed by atoms with Crippen molar-refractivity contribution in [1.29, 1.82) is 0 Å². The van der Waals surface area contributed by atoms with Crippen LogP contribution in [0.1, 0.15) is 46.3 Å². The van der Waals surface area contributed by atoms with Crippen LogP contribution in [-0.2, 0) is 0 Å². The molecule has 1 aliphatic rings. The molecule has 0 amide bonds. The number of rotatable bonds is 9. The molecule has 0 saturated carbocycles. The quantitative estimate of drug-likeness (QED) is 0.301. The Kier molecular flexibility index (Phi) is 7.44. The molecule has 9 nitrogen and oxygen atoms in total. The van der Waals surface area contributed by atoms with Gasteiger partial charge in [-0.15, -0.1) is 0 Å². The van der Waals surface area contributed by atoms with Gasteiger partial charge in [0.2, 0.25) is 0 Å². The number of hydrogen-bond acceptors (Lipinski definition) is 9. The van der Waals surface area contributed by atoms with Crippen molar-refractivity contribution in [2.45, 2.75) is 24.0 Å². The van der Waals surface area contributed by atoms with Crippen molar-refractivity contribution in [3.8, 4) is 34.5 Å². The minimum absolute atomic E-state index is 0.0128. The highest BCUT2D eigenvalue weighted by atomic mass is 16.5. The maximum Gasteiger partial charge on any atom is 0.165 e. The number of methoxy groups -OCH3 is 3. The number of aliphatic hydroxyl groups excluding tert-OH is 3. The summed E-state index contributed by atoms with van der Waals surface area (Å²) >= 11 is 0. The number of phenols is 2. The standard InChI is InChI=1S/C27H30O9/c1-33-22-9-14(4-6-20(22)30)18(12-28)25(32)16-8-17-19(13-29)26(36-27(17)24(11-16)35-3)15-5-7-21(31)23(10-15)34-2/h4-11,18-19,25-26,28-32H,12-13H2,1-3H3/t18-,19-,25+,26+/m0/s1. The molecule has 36 heavy (non-hydrogen) atoms. The predicted octanol–water partition coefficient (Wildman–Crippen LogP) is 3.14. The molecule has 4 rings (SSSR count). The second-order valence-corrected chi connectivity index (χ2v) is 8.57. The van der Waals surface area contributed by atoms with Gasteiger partial charge in [-0.3, -0.25) is 0 Å². The van der Waals surface area contributed by atoms with E-state index in [1.54, 1.807) is 36.4 Å². The number of fused-ring (bicyclic) bond motifs is 1. The van der Waals surface area contributed by atoms with E-state index in [1.807, 2.05) is 0 Å². The van der Waals surface area contributed by atoms with Gasteiger partial charge in [0.25, 0.3) is 0 Å². The Morgan fingerprint density at radius 1 is 0.806 bits per heavy atom. The second-order valence-electron chi connectivity index (χ2n) is 8.57. The minimum Gasteiger partial charge on any atom is -0.504 e. The van der Waals surface area contributed by atoms with Crippen LogP contribution in [0.3, 0.4) is 0 Å². The summed E-state index contributed by atoms with van der Waals surface area (Å²) in [7, 11) is 4.35. The fourth-order valence-corrected chi connectivity index (χ4v) is 4.65. The van der Waals surface area contributed by atoms with E-state index in [0.717, 1.165) is 0 Å². The number of ether oxygens (including phenoxy) is 4. The van der Waals surface area contributed by atoms with Crippen LogP contribution in [0.4, 0.5) is 0 Å². The predicted molar refractivity (Wildman–Crippen MR) is 130 cm³/mol. The molecule has 3 aromatic carbocycles. The number of phenolic OH excluding ortho intramolecular Hbond substituents is 2. The van der Waals surface area contributed by atoms with E-state index >= 15 is 0 Å². The summed E-state index contributed by atoms with van der Waals surface area (Å²) in [6.07, 6.45) is -1.73. The van der Waals surface area contributed by atoms with Crippen molar-refractivity contribution in [1.82, 2.24) is 0 Å². The van der Waals surface area contributed by atoms with Gasteiger partial charge >= 0.3 is 0 Å². The average Bonchev–Trinajstić information content (AvgIpc) is 3.28. The Balaban J connectivity index is 1.73. The molecule has 5 N–H and O–H groups in total. The fourth-order valence-electron chi connectivity index (χ4n) is 4.65. The number of hydrogen-bond donors (Lipinski definition) is 5. The molecule has 4 atom stereocenters. The van der Waals surface area contributed by atoms with Crippen molar-refractivity contribution in [3.63, 3.8) is 0 Å². The largest absolute Gasteiger partial charge is 0.504 e. The van der Waals surface area contributed by atoms with Gasteiger partial charge in [-0.2, -0.15) is 0 Å². The lowest BCUT2D eigenvalue weighted by Gasteiger charge is -2.24. The van der Waals surface area contributed by atoms with Gasteiger partial charge in [0.05, 0.1) is 46.6 Å². The van der Waals surface area contributed by atoms with E-state index in [0.29, 0.717) is 33.8 Å². The van der Waals surface area contributed by atoms with Crippen LogP contribution in [0.15, 0.2) is 48.5 Å². The molecular formula is C27H30O9. The molecule has 0 fully saturated rings. The summed E-state index contributed by atoms with van der Waals surface area (Å²) in [4.78, 5) is 0. The molecule has 3 aromatic rings. The van der Waals surface area contributed by atoms with Crippen LogP contribution < -0.4 is 18.9 Å². The second kappa shape index (κ2) is 10.5. The Bertz CT molecular complexity index is 1230. The van der Waals surface area contributed by atoms with Crippen molar-refractivity contribution >= 4 is 0 Å². The molecule has 0 aliphatic carbocycles. The highest BCUT2D eigenvalue weighted by Crippen LogP contribution is 2.52. The average molecular weight is 499 g/mol. The van der Waals surface area contributed by atoms with E-state index in [1.165, 1.54) is 33.5 Å². The summed E-state index contributed by atoms with van der Waals surface area (Å²) < 4.78 is 22.2. The Labute approximate surface area is 208 Å². The Morgan fingerprint density at radius 3 is 2.03 bits per heavy atom. The highest BCUT2D eigenvalue weighted by molar-refractivity contribution is 5.56. The van der Waals surface area contributed by atoms with Gasteiger partial charge in [-0.05, 0) is 53.1 Å². The molecule has 0 aromatic heterocycles. The van der Waals surface area contributed by atoms with Crippen molar-refractivity contribution in [3.05, 3.63) is 70.8 Å². The van der Waals surface area contributed by atoms with Crippen molar-refractivity contribution in [2.24, 2.45) is 0 Å². The SMILES string of the molecule is COc1cc([C@H]2Oc3c(OC)cc([C@@H](O)[C@@H](CO)c4ccc(O)c(OC)c4)cc3[C@@H]2CO)ccc1O. The fraction of sp³-hybridized carbons (Fsp3) is 0.333. The van der Waals surface area contributed by atoms with E-state index in [9.17, 15) is 25.5 Å². The molecule has 0 bridgehead atoms. The minimum atomic E-state index is -1.14. The van der Waals surface area contributed by atoms with Gasteiger partial charge in [0.15, 0.2) is 34.5 Å². The van der Waals surface area contributed by atoms with Gasteiger partial charge in [0.1, 0.15) is 6.10 Å². The molecule has 0 radical (unpaired) electrons. The molecule has 0 unspecified atom stereocenters. The Hall–Kier alpha value is -3.66.